The summed E-state index contributed by atoms with van der Waals surface area (Å²) < 4.78 is 31.7. The van der Waals surface area contributed by atoms with Crippen molar-refractivity contribution in [1.82, 2.24) is 36.5 Å². The van der Waals surface area contributed by atoms with Crippen LogP contribution in [0.15, 0.2) is 91.1 Å². The first kappa shape index (κ1) is 46.3. The summed E-state index contributed by atoms with van der Waals surface area (Å²) in [6, 6.07) is 22.3. The summed E-state index contributed by atoms with van der Waals surface area (Å²) in [7, 11) is 0. The zero-order valence-electron chi connectivity index (χ0n) is 33.6. The highest BCUT2D eigenvalue weighted by atomic mass is 19.4. The lowest BCUT2D eigenvalue weighted by Gasteiger charge is -2.30. The second kappa shape index (κ2) is 21.7. The zero-order valence-corrected chi connectivity index (χ0v) is 33.6. The van der Waals surface area contributed by atoms with Gasteiger partial charge in [-0.05, 0) is 55.1 Å². The molecule has 2 saturated heterocycles. The van der Waals surface area contributed by atoms with E-state index in [-0.39, 0.29) is 37.8 Å². The van der Waals surface area contributed by atoms with Crippen molar-refractivity contribution < 1.29 is 51.8 Å². The van der Waals surface area contributed by atoms with Crippen LogP contribution in [0.1, 0.15) is 36.0 Å². The molecule has 4 atom stereocenters. The molecule has 9 N–H and O–H groups in total. The number of fused-ring (bicyclic) bond motifs is 1. The first-order valence-electron chi connectivity index (χ1n) is 20.0. The molecule has 1 aromatic heterocycles. The van der Waals surface area contributed by atoms with Crippen LogP contribution >= 0.6 is 0 Å². The average molecular weight is 863 g/mol. The Kier molecular flexibility index (Phi) is 16.2. The molecule has 3 heterocycles. The van der Waals surface area contributed by atoms with Crippen molar-refractivity contribution in [2.24, 2.45) is 11.7 Å². The molecule has 4 aromatic rings. The topological polar surface area (TPSA) is 245 Å². The number of piperidine rings is 1. The Bertz CT molecular complexity index is 2200. The van der Waals surface area contributed by atoms with E-state index >= 15 is 0 Å². The van der Waals surface area contributed by atoms with Gasteiger partial charge in [-0.2, -0.15) is 13.2 Å². The molecule has 0 bridgehead atoms. The minimum absolute atomic E-state index is 0.0106. The van der Waals surface area contributed by atoms with Gasteiger partial charge in [0.25, 0.3) is 0 Å². The van der Waals surface area contributed by atoms with E-state index in [0.29, 0.717) is 32.4 Å². The van der Waals surface area contributed by atoms with Crippen LogP contribution in [0, 0.1) is 5.92 Å². The van der Waals surface area contributed by atoms with Gasteiger partial charge in [-0.25, -0.2) is 4.79 Å². The highest BCUT2D eigenvalue weighted by molar-refractivity contribution is 5.96. The number of carbonyl (C=O) groups excluding carboxylic acids is 6. The maximum atomic E-state index is 14.2. The Labute approximate surface area is 354 Å². The van der Waals surface area contributed by atoms with Crippen LogP contribution in [0.25, 0.3) is 10.9 Å². The molecule has 2 fully saturated rings. The smallest absolute Gasteiger partial charge is 0.475 e. The first-order valence-corrected chi connectivity index (χ1v) is 20.0. The number of rotatable bonds is 10. The van der Waals surface area contributed by atoms with Crippen LogP contribution in [-0.2, 0) is 52.8 Å². The van der Waals surface area contributed by atoms with Crippen LogP contribution in [0.4, 0.5) is 13.2 Å². The van der Waals surface area contributed by atoms with Crippen LogP contribution < -0.4 is 32.3 Å². The van der Waals surface area contributed by atoms with Gasteiger partial charge in [-0.15, -0.1) is 0 Å². The molecule has 2 aliphatic rings. The Morgan fingerprint density at radius 2 is 1.32 bits per heavy atom. The monoisotopic (exact) mass is 862 g/mol. The lowest BCUT2D eigenvalue weighted by atomic mass is 9.96. The Hall–Kier alpha value is -6.76. The standard InChI is InChI=1S/C41H48N8O6.C2HF3O2/c42-38(52)28-15-17-49(18-16-28)25-37(51)47-35-22-36(50)46-34(21-29-23-43-32-14-8-7-13-31(29)32)41(55)48-33(20-27-11-5-2-6-12-27)40(54)45-30(24-44-39(35)53)19-26-9-3-1-4-10-26;3-2(4,5)1(6)7/h1-14,23,28,30,33-35,43H,15-22,24-25H2,(H2,42,52)(H,44,53)(H,45,54)(H,46,50)(H,47,51)(H,48,55);(H,6,7)/t30-,33+,34+,35-;/m1./s1. The summed E-state index contributed by atoms with van der Waals surface area (Å²) >= 11 is 0. The fourth-order valence-corrected chi connectivity index (χ4v) is 7.25. The predicted octanol–water partition coefficient (Wildman–Crippen LogP) is 1.49. The predicted molar refractivity (Wildman–Crippen MR) is 220 cm³/mol. The quantitative estimate of drug-likeness (QED) is 0.115. The van der Waals surface area contributed by atoms with Gasteiger partial charge in [0.2, 0.25) is 35.4 Å². The molecule has 0 saturated carbocycles. The molecule has 330 valence electrons. The van der Waals surface area contributed by atoms with E-state index in [2.05, 4.69) is 31.6 Å². The number of carboxylic acids is 1. The number of aromatic nitrogens is 1. The Morgan fingerprint density at radius 1 is 0.758 bits per heavy atom. The molecule has 0 unspecified atom stereocenters. The molecule has 6 amide bonds. The number of likely N-dealkylation sites (tertiary alicyclic amines) is 1. The van der Waals surface area contributed by atoms with Crippen molar-refractivity contribution in [2.75, 3.05) is 26.2 Å². The third-order valence-corrected chi connectivity index (χ3v) is 10.5. The number of carbonyl (C=O) groups is 7. The summed E-state index contributed by atoms with van der Waals surface area (Å²) in [5.74, 6) is -6.12. The Morgan fingerprint density at radius 3 is 1.94 bits per heavy atom. The van der Waals surface area contributed by atoms with Gasteiger partial charge in [0.15, 0.2) is 0 Å². The number of nitrogens with one attached hydrogen (secondary N) is 6. The third-order valence-electron chi connectivity index (χ3n) is 10.5. The normalized spacial score (nSPS) is 20.9. The fraction of sp³-hybridized carbons (Fsp3) is 0.372. The number of amides is 6. The second-order valence-electron chi connectivity index (χ2n) is 15.2. The Balaban J connectivity index is 0.000000955. The van der Waals surface area contributed by atoms with Crippen molar-refractivity contribution in [3.63, 3.8) is 0 Å². The van der Waals surface area contributed by atoms with Crippen LogP contribution in [0.2, 0.25) is 0 Å². The third kappa shape index (κ3) is 13.9. The summed E-state index contributed by atoms with van der Waals surface area (Å²) in [6.45, 7) is 0.908. The number of hydrogen-bond acceptors (Lipinski definition) is 8. The number of carboxylic acid groups (broad SMARTS) is 1. The molecule has 2 aliphatic heterocycles. The van der Waals surface area contributed by atoms with E-state index in [1.54, 1.807) is 6.20 Å². The van der Waals surface area contributed by atoms with Gasteiger partial charge < -0.3 is 42.4 Å². The lowest BCUT2D eigenvalue weighted by molar-refractivity contribution is -0.192. The number of hydrogen-bond donors (Lipinski definition) is 8. The molecule has 62 heavy (non-hydrogen) atoms. The lowest BCUT2D eigenvalue weighted by Crippen LogP contribution is -2.59. The molecule has 6 rings (SSSR count). The maximum absolute atomic E-state index is 14.2. The van der Waals surface area contributed by atoms with Gasteiger partial charge in [0.1, 0.15) is 18.1 Å². The SMILES string of the molecule is NC(=O)C1CCN(CC(=O)N[C@@H]2CC(=O)N[C@@H](Cc3c[nH]c4ccccc34)C(=O)N[C@@H](Cc3ccccc3)C(=O)N[C@H](Cc3ccccc3)CNC2=O)CC1.O=C(O)C(F)(F)F. The molecule has 0 spiro atoms. The molecular formula is C43H49F3N8O8. The minimum Gasteiger partial charge on any atom is -0.475 e. The number of primary amides is 1. The average Bonchev–Trinajstić information content (AvgIpc) is 3.65. The highest BCUT2D eigenvalue weighted by Gasteiger charge is 2.38. The number of aromatic amines is 1. The molecule has 0 radical (unpaired) electrons. The number of para-hydroxylation sites is 1. The fourth-order valence-electron chi connectivity index (χ4n) is 7.25. The van der Waals surface area contributed by atoms with Gasteiger partial charge >= 0.3 is 12.1 Å². The molecular weight excluding hydrogens is 814 g/mol. The number of halogens is 3. The zero-order chi connectivity index (χ0) is 44.8. The van der Waals surface area contributed by atoms with E-state index < -0.39 is 72.3 Å². The van der Waals surface area contributed by atoms with E-state index in [4.69, 9.17) is 15.6 Å². The largest absolute Gasteiger partial charge is 0.490 e. The summed E-state index contributed by atoms with van der Waals surface area (Å²) in [5, 5.41) is 22.4. The number of alkyl halides is 3. The number of benzene rings is 3. The van der Waals surface area contributed by atoms with Crippen molar-refractivity contribution >= 4 is 52.3 Å². The van der Waals surface area contributed by atoms with Crippen molar-refractivity contribution in [1.29, 1.82) is 0 Å². The summed E-state index contributed by atoms with van der Waals surface area (Å²) in [5.41, 5.74) is 8.83. The first-order chi connectivity index (χ1) is 29.5. The van der Waals surface area contributed by atoms with Gasteiger partial charge in [0.05, 0.1) is 19.0 Å². The van der Waals surface area contributed by atoms with Crippen molar-refractivity contribution in [3.8, 4) is 0 Å². The second-order valence-corrected chi connectivity index (χ2v) is 15.2. The van der Waals surface area contributed by atoms with E-state index in [9.17, 15) is 41.9 Å². The number of aliphatic carboxylic acids is 1. The van der Waals surface area contributed by atoms with Crippen molar-refractivity contribution in [3.05, 3.63) is 108 Å². The van der Waals surface area contributed by atoms with Gasteiger partial charge in [0, 0.05) is 42.4 Å². The molecule has 19 heteroatoms. The summed E-state index contributed by atoms with van der Waals surface area (Å²) in [6.07, 6.45) is -2.07. The minimum atomic E-state index is -5.08. The molecule has 16 nitrogen and oxygen atoms in total. The number of H-pyrrole nitrogens is 1. The maximum Gasteiger partial charge on any atom is 0.490 e. The van der Waals surface area contributed by atoms with Crippen LogP contribution in [-0.4, -0.2) is 113 Å². The molecule has 3 aromatic carbocycles. The van der Waals surface area contributed by atoms with Crippen LogP contribution in [0.5, 0.6) is 0 Å². The van der Waals surface area contributed by atoms with Gasteiger partial charge in [-0.1, -0.05) is 78.9 Å². The summed E-state index contributed by atoms with van der Waals surface area (Å²) in [4.78, 5) is 94.9. The van der Waals surface area contributed by atoms with Gasteiger partial charge in [-0.3, -0.25) is 33.7 Å². The van der Waals surface area contributed by atoms with Crippen molar-refractivity contribution in [2.45, 2.75) is 68.9 Å². The van der Waals surface area contributed by atoms with E-state index in [1.807, 2.05) is 89.8 Å². The molecule has 0 aliphatic carbocycles. The number of nitrogens with zero attached hydrogens (tertiary/aromatic N) is 1. The van der Waals surface area contributed by atoms with E-state index in [1.165, 1.54) is 0 Å². The van der Waals surface area contributed by atoms with Crippen LogP contribution in [0.3, 0.4) is 0 Å². The number of nitrogens with two attached hydrogens (primary N) is 1. The van der Waals surface area contributed by atoms with E-state index in [0.717, 1.165) is 27.6 Å². The highest BCUT2D eigenvalue weighted by Crippen LogP contribution is 2.20.